The number of halogens is 7. The molecule has 1 heterocycles. The first-order chi connectivity index (χ1) is 22.0. The molecule has 46 heavy (non-hydrogen) atoms. The molecule has 4 aromatic carbocycles. The molecule has 10 heteroatoms. The zero-order chi connectivity index (χ0) is 32.8. The standard InChI is InChI=1S/C36H31ClF6O2S/c1-2-3-4-15-44-28-12-14-34(46-21-28)25-7-13-29(30(37)19-25)23-5-6-24(31(39)20-23)16-22-17-32(40)35(33(41)18-22)36(42,43)45-27-10-8-26(38)9-11-27/h2,5-11,13,17-20,28,34H,1,3-4,12,14-16,21H2. The molecule has 0 aliphatic carbocycles. The molecule has 1 aliphatic rings. The Kier molecular flexibility index (Phi) is 11.1. The van der Waals surface area contributed by atoms with Gasteiger partial charge in [0.15, 0.2) is 0 Å². The number of alkyl halides is 2. The third-order valence-electron chi connectivity index (χ3n) is 7.72. The number of allylic oxidation sites excluding steroid dienone is 1. The second kappa shape index (κ2) is 15.0. The Labute approximate surface area is 273 Å². The summed E-state index contributed by atoms with van der Waals surface area (Å²) >= 11 is 8.47. The highest BCUT2D eigenvalue weighted by atomic mass is 35.5. The van der Waals surface area contributed by atoms with E-state index in [0.717, 1.165) is 67.9 Å². The zero-order valence-corrected chi connectivity index (χ0v) is 26.3. The predicted octanol–water partition coefficient (Wildman–Crippen LogP) is 11.2. The lowest BCUT2D eigenvalue weighted by Gasteiger charge is -2.28. The van der Waals surface area contributed by atoms with Gasteiger partial charge in [-0.25, -0.2) is 17.6 Å². The highest BCUT2D eigenvalue weighted by molar-refractivity contribution is 7.99. The molecule has 5 rings (SSSR count). The fourth-order valence-corrected chi connectivity index (χ4v) is 7.00. The molecule has 1 saturated heterocycles. The predicted molar refractivity (Wildman–Crippen MR) is 171 cm³/mol. The van der Waals surface area contributed by atoms with Gasteiger partial charge in [0.2, 0.25) is 0 Å². The van der Waals surface area contributed by atoms with Crippen LogP contribution < -0.4 is 4.74 Å². The Morgan fingerprint density at radius 1 is 0.891 bits per heavy atom. The molecule has 1 fully saturated rings. The van der Waals surface area contributed by atoms with Crippen molar-refractivity contribution >= 4 is 23.4 Å². The van der Waals surface area contributed by atoms with Gasteiger partial charge in [0, 0.05) is 34.6 Å². The van der Waals surface area contributed by atoms with E-state index < -0.39 is 40.7 Å². The van der Waals surface area contributed by atoms with Gasteiger partial charge >= 0.3 is 6.11 Å². The SMILES string of the molecule is C=CCCCOC1CCC(c2ccc(-c3ccc(Cc4cc(F)c(C(F)(F)Oc5ccc(F)cc5)c(F)c4)c(F)c3)c(Cl)c2)SC1. The van der Waals surface area contributed by atoms with E-state index >= 15 is 4.39 Å². The number of unbranched alkanes of at least 4 members (excludes halogenated alkanes) is 1. The summed E-state index contributed by atoms with van der Waals surface area (Å²) in [6.07, 6.45) is 1.30. The van der Waals surface area contributed by atoms with E-state index in [4.69, 9.17) is 16.3 Å². The lowest BCUT2D eigenvalue weighted by molar-refractivity contribution is -0.189. The molecule has 0 bridgehead atoms. The number of ether oxygens (including phenoxy) is 2. The number of rotatable bonds is 12. The van der Waals surface area contributed by atoms with Crippen molar-refractivity contribution in [3.05, 3.63) is 136 Å². The van der Waals surface area contributed by atoms with Crippen molar-refractivity contribution in [1.29, 1.82) is 0 Å². The van der Waals surface area contributed by atoms with Gasteiger partial charge in [-0.1, -0.05) is 41.9 Å². The molecule has 2 atom stereocenters. The lowest BCUT2D eigenvalue weighted by Crippen LogP contribution is -2.25. The van der Waals surface area contributed by atoms with Gasteiger partial charge in [0.05, 0.1) is 6.10 Å². The van der Waals surface area contributed by atoms with Gasteiger partial charge in [0.25, 0.3) is 0 Å². The third-order valence-corrected chi connectivity index (χ3v) is 9.50. The molecule has 0 spiro atoms. The average Bonchev–Trinajstić information content (AvgIpc) is 3.01. The number of hydrogen-bond donors (Lipinski definition) is 0. The van der Waals surface area contributed by atoms with E-state index in [9.17, 15) is 22.0 Å². The van der Waals surface area contributed by atoms with Crippen LogP contribution in [0.2, 0.25) is 5.02 Å². The Balaban J connectivity index is 1.24. The van der Waals surface area contributed by atoms with Crippen LogP contribution in [-0.4, -0.2) is 18.5 Å². The van der Waals surface area contributed by atoms with E-state index in [1.807, 2.05) is 36.0 Å². The normalized spacial score (nSPS) is 16.8. The first-order valence-corrected chi connectivity index (χ1v) is 16.2. The third kappa shape index (κ3) is 8.30. The molecular weight excluding hydrogens is 646 g/mol. The molecule has 0 radical (unpaired) electrons. The Hall–Kier alpha value is -3.40. The number of hydrogen-bond acceptors (Lipinski definition) is 3. The van der Waals surface area contributed by atoms with Crippen LogP contribution in [-0.2, 0) is 17.3 Å². The summed E-state index contributed by atoms with van der Waals surface area (Å²) in [4.78, 5) is 0. The monoisotopic (exact) mass is 676 g/mol. The maximum atomic E-state index is 15.2. The van der Waals surface area contributed by atoms with Crippen LogP contribution in [0.15, 0.2) is 85.5 Å². The Morgan fingerprint density at radius 3 is 2.26 bits per heavy atom. The fourth-order valence-electron chi connectivity index (χ4n) is 5.35. The first kappa shape index (κ1) is 33.9. The molecule has 4 aromatic rings. The molecule has 0 aromatic heterocycles. The summed E-state index contributed by atoms with van der Waals surface area (Å²) < 4.78 is 97.6. The van der Waals surface area contributed by atoms with Crippen LogP contribution in [0.3, 0.4) is 0 Å². The topological polar surface area (TPSA) is 18.5 Å². The van der Waals surface area contributed by atoms with Crippen LogP contribution in [0.25, 0.3) is 11.1 Å². The van der Waals surface area contributed by atoms with E-state index in [0.29, 0.717) is 28.3 Å². The van der Waals surface area contributed by atoms with Crippen LogP contribution in [0.1, 0.15) is 53.2 Å². The van der Waals surface area contributed by atoms with Crippen molar-refractivity contribution in [2.75, 3.05) is 12.4 Å². The Morgan fingerprint density at radius 2 is 1.63 bits per heavy atom. The van der Waals surface area contributed by atoms with Crippen molar-refractivity contribution in [1.82, 2.24) is 0 Å². The minimum Gasteiger partial charge on any atom is -0.429 e. The zero-order valence-electron chi connectivity index (χ0n) is 24.7. The van der Waals surface area contributed by atoms with Gasteiger partial charge in [-0.15, -0.1) is 6.58 Å². The maximum absolute atomic E-state index is 15.2. The second-order valence-electron chi connectivity index (χ2n) is 11.1. The smallest absolute Gasteiger partial charge is 0.429 e. The van der Waals surface area contributed by atoms with E-state index in [-0.39, 0.29) is 28.9 Å². The van der Waals surface area contributed by atoms with Gasteiger partial charge in [-0.05, 0) is 96.5 Å². The highest BCUT2D eigenvalue weighted by Gasteiger charge is 2.41. The molecule has 1 aliphatic heterocycles. The average molecular weight is 677 g/mol. The summed E-state index contributed by atoms with van der Waals surface area (Å²) in [5, 5.41) is 0.747. The van der Waals surface area contributed by atoms with Gasteiger partial charge in [-0.2, -0.15) is 20.5 Å². The van der Waals surface area contributed by atoms with Crippen LogP contribution in [0.4, 0.5) is 26.3 Å². The lowest BCUT2D eigenvalue weighted by atomic mass is 9.97. The van der Waals surface area contributed by atoms with Gasteiger partial charge in [-0.3, -0.25) is 0 Å². The van der Waals surface area contributed by atoms with E-state index in [1.165, 1.54) is 12.1 Å². The van der Waals surface area contributed by atoms with Gasteiger partial charge in [0.1, 0.15) is 34.6 Å². The Bertz CT molecular complexity index is 1650. The van der Waals surface area contributed by atoms with Crippen molar-refractivity contribution < 1.29 is 35.8 Å². The molecule has 0 N–H and O–H groups in total. The minimum absolute atomic E-state index is 0.0558. The summed E-state index contributed by atoms with van der Waals surface area (Å²) in [6, 6.07) is 15.1. The summed E-state index contributed by atoms with van der Waals surface area (Å²) in [5.41, 5.74) is 0.685. The number of thioether (sulfide) groups is 1. The second-order valence-corrected chi connectivity index (χ2v) is 12.7. The van der Waals surface area contributed by atoms with Crippen molar-refractivity contribution in [2.24, 2.45) is 0 Å². The summed E-state index contributed by atoms with van der Waals surface area (Å²) in [6.45, 7) is 4.46. The molecule has 242 valence electrons. The molecular formula is C36H31ClF6O2S. The van der Waals surface area contributed by atoms with Crippen LogP contribution >= 0.6 is 23.4 Å². The summed E-state index contributed by atoms with van der Waals surface area (Å²) in [7, 11) is 0. The van der Waals surface area contributed by atoms with E-state index in [2.05, 4.69) is 11.3 Å². The first-order valence-electron chi connectivity index (χ1n) is 14.8. The summed E-state index contributed by atoms with van der Waals surface area (Å²) in [5.74, 6) is -4.04. The van der Waals surface area contributed by atoms with Crippen LogP contribution in [0, 0.1) is 23.3 Å². The van der Waals surface area contributed by atoms with Crippen molar-refractivity contribution in [3.63, 3.8) is 0 Å². The highest BCUT2D eigenvalue weighted by Crippen LogP contribution is 2.42. The quantitative estimate of drug-likeness (QED) is 0.0845. The maximum Gasteiger partial charge on any atom is 0.432 e. The molecule has 0 amide bonds. The van der Waals surface area contributed by atoms with E-state index in [1.54, 1.807) is 6.07 Å². The molecule has 0 saturated carbocycles. The van der Waals surface area contributed by atoms with Crippen molar-refractivity contribution in [3.8, 4) is 16.9 Å². The largest absolute Gasteiger partial charge is 0.432 e. The molecule has 2 unspecified atom stereocenters. The molecule has 2 nitrogen and oxygen atoms in total. The minimum atomic E-state index is -4.38. The van der Waals surface area contributed by atoms with Crippen molar-refractivity contribution in [2.45, 2.75) is 49.6 Å². The van der Waals surface area contributed by atoms with Gasteiger partial charge < -0.3 is 9.47 Å². The number of benzene rings is 4. The van der Waals surface area contributed by atoms with Crippen LogP contribution in [0.5, 0.6) is 5.75 Å². The fraction of sp³-hybridized carbons (Fsp3) is 0.278.